The molecule has 0 unspecified atom stereocenters. The highest BCUT2D eigenvalue weighted by molar-refractivity contribution is 6.30. The summed E-state index contributed by atoms with van der Waals surface area (Å²) in [6.07, 6.45) is 2.97. The Morgan fingerprint density at radius 3 is 2.77 bits per heavy atom. The van der Waals surface area contributed by atoms with E-state index in [2.05, 4.69) is 10.1 Å². The molecule has 0 amide bonds. The van der Waals surface area contributed by atoms with Crippen LogP contribution in [-0.2, 0) is 6.54 Å². The van der Waals surface area contributed by atoms with Crippen molar-refractivity contribution in [3.05, 3.63) is 81.5 Å². The summed E-state index contributed by atoms with van der Waals surface area (Å²) in [5, 5.41) is 5.27. The number of halogens is 1. The number of carbonyl (C=O) groups excluding carboxylic acids is 1. The van der Waals surface area contributed by atoms with Crippen molar-refractivity contribution in [3.63, 3.8) is 0 Å². The highest BCUT2D eigenvalue weighted by atomic mass is 35.5. The lowest BCUT2D eigenvalue weighted by molar-refractivity contribution is 0.101. The van der Waals surface area contributed by atoms with Gasteiger partial charge in [0.1, 0.15) is 17.5 Å². The summed E-state index contributed by atoms with van der Waals surface area (Å²) in [5.74, 6) is 0.576. The fourth-order valence-electron chi connectivity index (χ4n) is 3.26. The number of Topliss-reactive ketones (excluding diaryl/α,β-unsaturated/α-hetero) is 1. The molecule has 4 rings (SSSR count). The molecule has 0 saturated carbocycles. The number of hydrogen-bond donors (Lipinski definition) is 0. The molecule has 0 aliphatic carbocycles. The van der Waals surface area contributed by atoms with E-state index in [4.69, 9.17) is 16.3 Å². The largest absolute Gasteiger partial charge is 0.494 e. The Bertz CT molecular complexity index is 1310. The van der Waals surface area contributed by atoms with Crippen molar-refractivity contribution in [2.75, 3.05) is 6.61 Å². The van der Waals surface area contributed by atoms with Gasteiger partial charge in [-0.25, -0.2) is 9.67 Å². The first-order chi connectivity index (χ1) is 14.5. The Morgan fingerprint density at radius 2 is 2.03 bits per heavy atom. The predicted molar refractivity (Wildman–Crippen MR) is 115 cm³/mol. The summed E-state index contributed by atoms with van der Waals surface area (Å²) in [6, 6.07) is 12.4. The molecule has 0 spiro atoms. The zero-order valence-electron chi connectivity index (χ0n) is 16.5. The average Bonchev–Trinajstić information content (AvgIpc) is 3.16. The molecular formula is C22H19ClN4O3. The molecule has 0 fully saturated rings. The van der Waals surface area contributed by atoms with E-state index < -0.39 is 0 Å². The van der Waals surface area contributed by atoms with Gasteiger partial charge in [0.25, 0.3) is 5.56 Å². The van der Waals surface area contributed by atoms with E-state index in [-0.39, 0.29) is 17.9 Å². The summed E-state index contributed by atoms with van der Waals surface area (Å²) in [6.45, 7) is 4.09. The van der Waals surface area contributed by atoms with Gasteiger partial charge in [-0.05, 0) is 50.2 Å². The van der Waals surface area contributed by atoms with Crippen LogP contribution in [-0.4, -0.2) is 31.7 Å². The van der Waals surface area contributed by atoms with Crippen LogP contribution in [0.25, 0.3) is 16.7 Å². The van der Waals surface area contributed by atoms with Gasteiger partial charge >= 0.3 is 0 Å². The number of rotatable bonds is 6. The Kier molecular flexibility index (Phi) is 5.37. The van der Waals surface area contributed by atoms with Gasteiger partial charge in [-0.2, -0.15) is 5.10 Å². The van der Waals surface area contributed by atoms with Gasteiger partial charge < -0.3 is 4.74 Å². The van der Waals surface area contributed by atoms with Crippen LogP contribution in [0.3, 0.4) is 0 Å². The van der Waals surface area contributed by atoms with Crippen LogP contribution in [0.4, 0.5) is 0 Å². The number of nitrogens with zero attached hydrogens (tertiary/aromatic N) is 4. The molecule has 0 atom stereocenters. The van der Waals surface area contributed by atoms with Gasteiger partial charge in [0, 0.05) is 16.1 Å². The number of carbonyl (C=O) groups is 1. The highest BCUT2D eigenvalue weighted by Crippen LogP contribution is 2.22. The second-order valence-electron chi connectivity index (χ2n) is 6.76. The predicted octanol–water partition coefficient (Wildman–Crippen LogP) is 3.89. The van der Waals surface area contributed by atoms with Gasteiger partial charge in [0.05, 0.1) is 25.0 Å². The Morgan fingerprint density at radius 1 is 1.20 bits per heavy atom. The molecule has 2 heterocycles. The normalized spacial score (nSPS) is 11.0. The molecule has 0 aliphatic rings. The zero-order chi connectivity index (χ0) is 21.3. The summed E-state index contributed by atoms with van der Waals surface area (Å²) in [4.78, 5) is 29.3. The SMILES string of the molecule is CCOc1ccc(C(C)=O)cc1Cn1cnc2c(cnn2-c2cccc(Cl)c2)c1=O. The van der Waals surface area contributed by atoms with Crippen LogP contribution in [0.15, 0.2) is 59.8 Å². The molecule has 0 aliphatic heterocycles. The number of aromatic nitrogens is 4. The van der Waals surface area contributed by atoms with Crippen molar-refractivity contribution in [3.8, 4) is 11.4 Å². The lowest BCUT2D eigenvalue weighted by Crippen LogP contribution is -2.21. The first kappa shape index (κ1) is 19.8. The minimum absolute atomic E-state index is 0.0528. The van der Waals surface area contributed by atoms with E-state index in [1.807, 2.05) is 19.1 Å². The van der Waals surface area contributed by atoms with E-state index >= 15 is 0 Å². The maximum Gasteiger partial charge on any atom is 0.264 e. The van der Waals surface area contributed by atoms with Crippen molar-refractivity contribution < 1.29 is 9.53 Å². The summed E-state index contributed by atoms with van der Waals surface area (Å²) in [7, 11) is 0. The molecule has 0 bridgehead atoms. The smallest absolute Gasteiger partial charge is 0.264 e. The van der Waals surface area contributed by atoms with Gasteiger partial charge in [-0.15, -0.1) is 0 Å². The van der Waals surface area contributed by atoms with E-state index in [0.717, 1.165) is 11.3 Å². The molecule has 0 N–H and O–H groups in total. The van der Waals surface area contributed by atoms with E-state index in [1.54, 1.807) is 35.0 Å². The monoisotopic (exact) mass is 422 g/mol. The fraction of sp³-hybridized carbons (Fsp3) is 0.182. The summed E-state index contributed by atoms with van der Waals surface area (Å²) >= 11 is 6.07. The Balaban J connectivity index is 1.77. The lowest BCUT2D eigenvalue weighted by atomic mass is 10.1. The highest BCUT2D eigenvalue weighted by Gasteiger charge is 2.14. The van der Waals surface area contributed by atoms with Gasteiger partial charge in [-0.3, -0.25) is 14.2 Å². The van der Waals surface area contributed by atoms with Crippen molar-refractivity contribution in [2.24, 2.45) is 0 Å². The molecule has 30 heavy (non-hydrogen) atoms. The molecule has 152 valence electrons. The van der Waals surface area contributed by atoms with Crippen molar-refractivity contribution >= 4 is 28.4 Å². The van der Waals surface area contributed by atoms with Crippen LogP contribution >= 0.6 is 11.6 Å². The number of benzene rings is 2. The van der Waals surface area contributed by atoms with Gasteiger partial charge in [0.15, 0.2) is 11.4 Å². The molecule has 2 aromatic heterocycles. The Hall–Kier alpha value is -3.45. The summed E-state index contributed by atoms with van der Waals surface area (Å²) < 4.78 is 8.73. The maximum atomic E-state index is 13.1. The van der Waals surface area contributed by atoms with Crippen molar-refractivity contribution in [2.45, 2.75) is 20.4 Å². The fourth-order valence-corrected chi connectivity index (χ4v) is 3.44. The molecule has 0 saturated heterocycles. The van der Waals surface area contributed by atoms with E-state index in [0.29, 0.717) is 34.0 Å². The van der Waals surface area contributed by atoms with Crippen LogP contribution in [0.1, 0.15) is 29.8 Å². The summed E-state index contributed by atoms with van der Waals surface area (Å²) in [5.41, 5.74) is 2.22. The van der Waals surface area contributed by atoms with Crippen LogP contribution in [0.5, 0.6) is 5.75 Å². The number of ketones is 1. The minimum atomic E-state index is -0.232. The topological polar surface area (TPSA) is 79.0 Å². The van der Waals surface area contributed by atoms with Crippen LogP contribution < -0.4 is 10.3 Å². The number of fused-ring (bicyclic) bond motifs is 1. The molecule has 4 aromatic rings. The van der Waals surface area contributed by atoms with Gasteiger partial charge in [0.2, 0.25) is 0 Å². The van der Waals surface area contributed by atoms with Crippen LogP contribution in [0, 0.1) is 0 Å². The third kappa shape index (κ3) is 3.71. The second kappa shape index (κ2) is 8.12. The second-order valence-corrected chi connectivity index (χ2v) is 7.20. The maximum absolute atomic E-state index is 13.1. The zero-order valence-corrected chi connectivity index (χ0v) is 17.3. The molecule has 0 radical (unpaired) electrons. The number of ether oxygens (including phenoxy) is 1. The van der Waals surface area contributed by atoms with Crippen molar-refractivity contribution in [1.82, 2.24) is 19.3 Å². The van der Waals surface area contributed by atoms with E-state index in [1.165, 1.54) is 24.0 Å². The molecule has 2 aromatic carbocycles. The minimum Gasteiger partial charge on any atom is -0.494 e. The van der Waals surface area contributed by atoms with Gasteiger partial charge in [-0.1, -0.05) is 17.7 Å². The third-order valence-corrected chi connectivity index (χ3v) is 4.95. The number of hydrogen-bond acceptors (Lipinski definition) is 5. The Labute approximate surface area is 177 Å². The first-order valence-corrected chi connectivity index (χ1v) is 9.81. The first-order valence-electron chi connectivity index (χ1n) is 9.43. The molecule has 7 nitrogen and oxygen atoms in total. The lowest BCUT2D eigenvalue weighted by Gasteiger charge is -2.13. The van der Waals surface area contributed by atoms with Crippen molar-refractivity contribution in [1.29, 1.82) is 0 Å². The van der Waals surface area contributed by atoms with Crippen LogP contribution in [0.2, 0.25) is 5.02 Å². The van der Waals surface area contributed by atoms with E-state index in [9.17, 15) is 9.59 Å². The third-order valence-electron chi connectivity index (χ3n) is 4.71. The standard InChI is InChI=1S/C22H19ClN4O3/c1-3-30-20-8-7-15(14(2)28)9-16(20)12-26-13-24-21-19(22(26)29)11-25-27(21)18-6-4-5-17(23)10-18/h4-11,13H,3,12H2,1-2H3. The quantitative estimate of drug-likeness (QED) is 0.440. The molecule has 8 heteroatoms. The average molecular weight is 423 g/mol. The molecular weight excluding hydrogens is 404 g/mol.